The monoisotopic (exact) mass is 520 g/mol. The maximum absolute atomic E-state index is 13.7. The normalized spacial score (nSPS) is 15.4. The van der Waals surface area contributed by atoms with E-state index in [9.17, 15) is 4.79 Å². The third kappa shape index (κ3) is 5.67. The van der Waals surface area contributed by atoms with Crippen LogP contribution in [0.3, 0.4) is 0 Å². The number of carbonyl (C=O) groups is 1. The van der Waals surface area contributed by atoms with Crippen molar-refractivity contribution >= 4 is 34.1 Å². The fraction of sp³-hybridized carbons (Fsp3) is 0.400. The van der Waals surface area contributed by atoms with Gasteiger partial charge in [0.15, 0.2) is 11.5 Å². The number of methoxy groups -OCH3 is 3. The lowest BCUT2D eigenvalue weighted by atomic mass is 9.72. The second-order valence-corrected chi connectivity index (χ2v) is 11.5. The summed E-state index contributed by atoms with van der Waals surface area (Å²) in [6.07, 6.45) is 4.64. The molecule has 0 unspecified atom stereocenters. The van der Waals surface area contributed by atoms with Crippen molar-refractivity contribution in [3.63, 3.8) is 0 Å². The van der Waals surface area contributed by atoms with Gasteiger partial charge >= 0.3 is 0 Å². The highest BCUT2D eigenvalue weighted by Crippen LogP contribution is 2.45. The van der Waals surface area contributed by atoms with Gasteiger partial charge in [-0.25, -0.2) is 4.99 Å². The van der Waals surface area contributed by atoms with E-state index >= 15 is 0 Å². The van der Waals surface area contributed by atoms with E-state index in [1.165, 1.54) is 4.88 Å². The molecule has 1 aromatic heterocycles. The van der Waals surface area contributed by atoms with Crippen molar-refractivity contribution in [2.24, 2.45) is 16.3 Å². The minimum absolute atomic E-state index is 0.118. The largest absolute Gasteiger partial charge is 0.496 e. The van der Waals surface area contributed by atoms with Crippen LogP contribution in [0.15, 0.2) is 41.4 Å². The van der Waals surface area contributed by atoms with E-state index in [1.54, 1.807) is 44.9 Å². The number of ether oxygens (including phenoxy) is 3. The standard InChI is InChI=1S/C30H36N2O4S/c1-18-10-8-9-11-22(18)32-28(33)27-21-13-12-20(30(2,3)4)15-26(21)37-29(27)31-17-19-14-24(35-6)25(36-7)16-23(19)34-5/h8-11,14,16-17,20H,12-13,15H2,1-7H3,(H,32,33)/t20-/m0/s1. The van der Waals surface area contributed by atoms with E-state index in [0.717, 1.165) is 41.6 Å². The van der Waals surface area contributed by atoms with E-state index in [0.29, 0.717) is 33.7 Å². The number of aryl methyl sites for hydroxylation is 1. The SMILES string of the molecule is COc1cc(OC)c(OC)cc1C=Nc1sc2c(c1C(=O)Nc1ccccc1C)CC[C@H](C(C)(C)C)C2. The molecule has 1 N–H and O–H groups in total. The Morgan fingerprint density at radius 1 is 1.05 bits per heavy atom. The van der Waals surface area contributed by atoms with Crippen molar-refractivity contribution in [1.29, 1.82) is 0 Å². The van der Waals surface area contributed by atoms with Crippen LogP contribution in [-0.4, -0.2) is 33.5 Å². The molecule has 6 nitrogen and oxygen atoms in total. The van der Waals surface area contributed by atoms with Gasteiger partial charge in [0.1, 0.15) is 10.8 Å². The van der Waals surface area contributed by atoms with Gasteiger partial charge < -0.3 is 19.5 Å². The zero-order valence-electron chi connectivity index (χ0n) is 22.7. The Bertz CT molecular complexity index is 1320. The van der Waals surface area contributed by atoms with Gasteiger partial charge in [-0.2, -0.15) is 0 Å². The second kappa shape index (κ2) is 11.0. The molecule has 0 saturated carbocycles. The summed E-state index contributed by atoms with van der Waals surface area (Å²) in [5.74, 6) is 2.22. The lowest BCUT2D eigenvalue weighted by molar-refractivity contribution is 0.102. The number of nitrogens with one attached hydrogen (secondary N) is 1. The van der Waals surface area contributed by atoms with E-state index in [-0.39, 0.29) is 11.3 Å². The highest BCUT2D eigenvalue weighted by atomic mass is 32.1. The topological polar surface area (TPSA) is 69.1 Å². The first kappa shape index (κ1) is 26.7. The molecule has 37 heavy (non-hydrogen) atoms. The number of benzene rings is 2. The van der Waals surface area contributed by atoms with Crippen LogP contribution in [0.1, 0.15) is 59.1 Å². The molecule has 196 valence electrons. The summed E-state index contributed by atoms with van der Waals surface area (Å²) in [7, 11) is 4.79. The van der Waals surface area contributed by atoms with Gasteiger partial charge in [0.25, 0.3) is 5.91 Å². The second-order valence-electron chi connectivity index (χ2n) is 10.5. The lowest BCUT2D eigenvalue weighted by Crippen LogP contribution is -2.27. The number of para-hydroxylation sites is 1. The molecule has 0 radical (unpaired) electrons. The van der Waals surface area contributed by atoms with Crippen LogP contribution >= 0.6 is 11.3 Å². The van der Waals surface area contributed by atoms with Crippen molar-refractivity contribution in [3.05, 3.63) is 63.5 Å². The molecule has 1 aliphatic carbocycles. The van der Waals surface area contributed by atoms with Gasteiger partial charge in [0, 0.05) is 28.4 Å². The molecule has 7 heteroatoms. The van der Waals surface area contributed by atoms with E-state index in [2.05, 4.69) is 26.1 Å². The number of thiophene rings is 1. The Balaban J connectivity index is 1.76. The number of fused-ring (bicyclic) bond motifs is 1. The van der Waals surface area contributed by atoms with Crippen LogP contribution in [0, 0.1) is 18.3 Å². The molecule has 0 bridgehead atoms. The molecular weight excluding hydrogens is 484 g/mol. The van der Waals surface area contributed by atoms with Gasteiger partial charge in [-0.05, 0) is 60.8 Å². The van der Waals surface area contributed by atoms with Crippen molar-refractivity contribution < 1.29 is 19.0 Å². The highest BCUT2D eigenvalue weighted by Gasteiger charge is 2.33. The number of amides is 1. The van der Waals surface area contributed by atoms with Gasteiger partial charge in [0.2, 0.25) is 0 Å². The van der Waals surface area contributed by atoms with Crippen LogP contribution < -0.4 is 19.5 Å². The van der Waals surface area contributed by atoms with Gasteiger partial charge in [-0.3, -0.25) is 4.79 Å². The fourth-order valence-corrected chi connectivity index (χ4v) is 6.08. The Morgan fingerprint density at radius 2 is 1.73 bits per heavy atom. The molecule has 1 amide bonds. The predicted octanol–water partition coefficient (Wildman–Crippen LogP) is 7.24. The molecular formula is C30H36N2O4S. The number of anilines is 1. The van der Waals surface area contributed by atoms with Crippen LogP contribution in [0.25, 0.3) is 0 Å². The third-order valence-electron chi connectivity index (χ3n) is 7.15. The van der Waals surface area contributed by atoms with Gasteiger partial charge in [0.05, 0.1) is 26.9 Å². The molecule has 1 aliphatic rings. The van der Waals surface area contributed by atoms with Crippen molar-refractivity contribution in [3.8, 4) is 17.2 Å². The first-order chi connectivity index (χ1) is 17.7. The van der Waals surface area contributed by atoms with Crippen LogP contribution in [-0.2, 0) is 12.8 Å². The lowest BCUT2D eigenvalue weighted by Gasteiger charge is -2.33. The van der Waals surface area contributed by atoms with Crippen molar-refractivity contribution in [1.82, 2.24) is 0 Å². The molecule has 0 aliphatic heterocycles. The van der Waals surface area contributed by atoms with E-state index in [4.69, 9.17) is 19.2 Å². The van der Waals surface area contributed by atoms with Crippen molar-refractivity contribution in [2.45, 2.75) is 47.0 Å². The van der Waals surface area contributed by atoms with Crippen LogP contribution in [0.2, 0.25) is 0 Å². The molecule has 0 fully saturated rings. The molecule has 4 rings (SSSR count). The number of aliphatic imine (C=N–C) groups is 1. The number of nitrogens with zero attached hydrogens (tertiary/aromatic N) is 1. The zero-order valence-corrected chi connectivity index (χ0v) is 23.5. The first-order valence-corrected chi connectivity index (χ1v) is 13.3. The molecule has 1 atom stereocenters. The summed E-state index contributed by atoms with van der Waals surface area (Å²) in [5.41, 5.74) is 4.58. The van der Waals surface area contributed by atoms with Crippen LogP contribution in [0.5, 0.6) is 17.2 Å². The maximum Gasteiger partial charge on any atom is 0.259 e. The molecule has 1 heterocycles. The minimum Gasteiger partial charge on any atom is -0.496 e. The van der Waals surface area contributed by atoms with Gasteiger partial charge in [-0.1, -0.05) is 39.0 Å². The Kier molecular flexibility index (Phi) is 7.93. The predicted molar refractivity (Wildman–Crippen MR) is 152 cm³/mol. The molecule has 0 saturated heterocycles. The Hall–Kier alpha value is -3.32. The summed E-state index contributed by atoms with van der Waals surface area (Å²) in [4.78, 5) is 19.8. The number of rotatable bonds is 7. The van der Waals surface area contributed by atoms with Crippen molar-refractivity contribution in [2.75, 3.05) is 26.6 Å². The summed E-state index contributed by atoms with van der Waals surface area (Å²) in [6.45, 7) is 8.88. The Morgan fingerprint density at radius 3 is 2.38 bits per heavy atom. The summed E-state index contributed by atoms with van der Waals surface area (Å²) < 4.78 is 16.5. The van der Waals surface area contributed by atoms with Crippen LogP contribution in [0.4, 0.5) is 10.7 Å². The molecule has 0 spiro atoms. The summed E-state index contributed by atoms with van der Waals surface area (Å²) >= 11 is 1.62. The number of hydrogen-bond acceptors (Lipinski definition) is 6. The number of carbonyl (C=O) groups excluding carboxylic acids is 1. The first-order valence-electron chi connectivity index (χ1n) is 12.5. The summed E-state index contributed by atoms with van der Waals surface area (Å²) in [6, 6.07) is 11.4. The Labute approximate surface area is 223 Å². The van der Waals surface area contributed by atoms with E-state index in [1.807, 2.05) is 37.3 Å². The minimum atomic E-state index is -0.118. The van der Waals surface area contributed by atoms with Gasteiger partial charge in [-0.15, -0.1) is 11.3 Å². The maximum atomic E-state index is 13.7. The fourth-order valence-electron chi connectivity index (χ4n) is 4.82. The van der Waals surface area contributed by atoms with E-state index < -0.39 is 0 Å². The molecule has 3 aromatic rings. The number of hydrogen-bond donors (Lipinski definition) is 1. The smallest absolute Gasteiger partial charge is 0.259 e. The summed E-state index contributed by atoms with van der Waals surface area (Å²) in [5, 5.41) is 3.84. The third-order valence-corrected chi connectivity index (χ3v) is 8.31. The highest BCUT2D eigenvalue weighted by molar-refractivity contribution is 7.16. The average molecular weight is 521 g/mol. The molecule has 2 aromatic carbocycles. The zero-order chi connectivity index (χ0) is 26.7. The quantitative estimate of drug-likeness (QED) is 0.334. The average Bonchev–Trinajstić information content (AvgIpc) is 3.25.